The summed E-state index contributed by atoms with van der Waals surface area (Å²) in [6, 6.07) is 0. The van der Waals surface area contributed by atoms with Gasteiger partial charge in [-0.2, -0.15) is 0 Å². The van der Waals surface area contributed by atoms with Crippen molar-refractivity contribution in [2.75, 3.05) is 19.6 Å². The first-order chi connectivity index (χ1) is 6.68. The zero-order valence-electron chi connectivity index (χ0n) is 7.91. The Bertz CT molecular complexity index is 255. The topological polar surface area (TPSA) is 54.5 Å². The standard InChI is InChI=1S/C9H12NO3Si/c11-7-1-4-10-5-2-8(12)14(7)9(13)3-6-10/h1-6H2. The molecule has 3 rings (SSSR count). The van der Waals surface area contributed by atoms with Crippen molar-refractivity contribution in [2.45, 2.75) is 19.3 Å². The molecule has 5 heteroatoms. The molecule has 3 aliphatic heterocycles. The Hall–Kier alpha value is -0.813. The van der Waals surface area contributed by atoms with Crippen LogP contribution in [0, 0.1) is 0 Å². The first-order valence-corrected chi connectivity index (χ1v) is 6.37. The summed E-state index contributed by atoms with van der Waals surface area (Å²) < 4.78 is 0. The Morgan fingerprint density at radius 1 is 0.786 bits per heavy atom. The first kappa shape index (κ1) is 9.73. The molecule has 0 atom stereocenters. The van der Waals surface area contributed by atoms with Crippen LogP contribution in [0.5, 0.6) is 0 Å². The fraction of sp³-hybridized carbons (Fsp3) is 0.667. The third-order valence-electron chi connectivity index (χ3n) is 2.80. The maximum Gasteiger partial charge on any atom is 0.295 e. The van der Waals surface area contributed by atoms with E-state index >= 15 is 0 Å². The highest BCUT2D eigenvalue weighted by atomic mass is 28.3. The van der Waals surface area contributed by atoms with Crippen LogP contribution in [0.1, 0.15) is 19.3 Å². The average molecular weight is 210 g/mol. The molecular formula is C9H12NO3Si. The lowest BCUT2D eigenvalue weighted by molar-refractivity contribution is -0.121. The Balaban J connectivity index is 2.30. The Labute approximate surface area is 83.9 Å². The highest BCUT2D eigenvalue weighted by Gasteiger charge is 2.39. The molecule has 14 heavy (non-hydrogen) atoms. The van der Waals surface area contributed by atoms with E-state index in [9.17, 15) is 14.4 Å². The fourth-order valence-electron chi connectivity index (χ4n) is 1.96. The smallest absolute Gasteiger partial charge is 0.295 e. The molecule has 3 fully saturated rings. The van der Waals surface area contributed by atoms with Crippen LogP contribution in [0.3, 0.4) is 0 Å². The number of rotatable bonds is 0. The van der Waals surface area contributed by atoms with E-state index in [2.05, 4.69) is 0 Å². The first-order valence-electron chi connectivity index (χ1n) is 4.87. The van der Waals surface area contributed by atoms with Crippen LogP contribution in [0.15, 0.2) is 0 Å². The number of hydrogen-bond acceptors (Lipinski definition) is 4. The maximum atomic E-state index is 11.6. The molecule has 3 aliphatic rings. The SMILES string of the molecule is O=C1CCN2CCC(=O)[Si]1C(=O)CC2. The molecular weight excluding hydrogens is 198 g/mol. The van der Waals surface area contributed by atoms with Crippen molar-refractivity contribution in [3.05, 3.63) is 0 Å². The van der Waals surface area contributed by atoms with Gasteiger partial charge < -0.3 is 19.3 Å². The summed E-state index contributed by atoms with van der Waals surface area (Å²) in [5.41, 5.74) is 0. The van der Waals surface area contributed by atoms with Crippen LogP contribution >= 0.6 is 0 Å². The van der Waals surface area contributed by atoms with Gasteiger partial charge in [0.1, 0.15) is 16.2 Å². The van der Waals surface area contributed by atoms with Crippen LogP contribution in [0.4, 0.5) is 0 Å². The minimum Gasteiger partial charge on any atom is -0.304 e. The summed E-state index contributed by atoms with van der Waals surface area (Å²) in [5, 5.41) is -0.224. The zero-order chi connectivity index (χ0) is 10.1. The largest absolute Gasteiger partial charge is 0.304 e. The lowest BCUT2D eigenvalue weighted by atomic mass is 10.3. The Morgan fingerprint density at radius 3 is 1.50 bits per heavy atom. The van der Waals surface area contributed by atoms with Crippen molar-refractivity contribution in [3.63, 3.8) is 0 Å². The van der Waals surface area contributed by atoms with E-state index in [0.29, 0.717) is 19.3 Å². The molecule has 0 amide bonds. The van der Waals surface area contributed by atoms with Crippen molar-refractivity contribution >= 4 is 25.0 Å². The van der Waals surface area contributed by atoms with Crippen molar-refractivity contribution in [1.82, 2.24) is 4.90 Å². The molecule has 2 bridgehead atoms. The van der Waals surface area contributed by atoms with Crippen LogP contribution < -0.4 is 0 Å². The van der Waals surface area contributed by atoms with Crippen LogP contribution in [0.2, 0.25) is 0 Å². The molecule has 1 radical (unpaired) electrons. The number of fused-ring (bicyclic) bond motifs is 6. The highest BCUT2D eigenvalue weighted by molar-refractivity contribution is 7.27. The van der Waals surface area contributed by atoms with Crippen LogP contribution in [-0.4, -0.2) is 49.6 Å². The van der Waals surface area contributed by atoms with E-state index in [1.165, 1.54) is 0 Å². The summed E-state index contributed by atoms with van der Waals surface area (Å²) in [4.78, 5) is 36.8. The number of carbonyl (C=O) groups excluding carboxylic acids is 3. The van der Waals surface area contributed by atoms with Gasteiger partial charge in [0.05, 0.1) is 0 Å². The normalized spacial score (nSPS) is 26.1. The van der Waals surface area contributed by atoms with Gasteiger partial charge in [0, 0.05) is 38.9 Å². The van der Waals surface area contributed by atoms with Gasteiger partial charge >= 0.3 is 0 Å². The summed E-state index contributed by atoms with van der Waals surface area (Å²) in [6.07, 6.45) is 1.18. The molecule has 0 aromatic rings. The molecule has 0 N–H and O–H groups in total. The number of carbonyl (C=O) groups is 3. The second-order valence-corrected chi connectivity index (χ2v) is 6.16. The predicted molar refractivity (Wildman–Crippen MR) is 51.1 cm³/mol. The van der Waals surface area contributed by atoms with Crippen molar-refractivity contribution in [2.24, 2.45) is 0 Å². The highest BCUT2D eigenvalue weighted by Crippen LogP contribution is 2.12. The minimum atomic E-state index is -2.00. The molecule has 75 valence electrons. The molecule has 0 aromatic heterocycles. The summed E-state index contributed by atoms with van der Waals surface area (Å²) in [5.74, 6) is 0. The summed E-state index contributed by atoms with van der Waals surface area (Å²) in [7, 11) is -2.00. The van der Waals surface area contributed by atoms with Gasteiger partial charge in [-0.25, -0.2) is 0 Å². The Kier molecular flexibility index (Phi) is 2.60. The Morgan fingerprint density at radius 2 is 1.14 bits per heavy atom. The molecule has 0 unspecified atom stereocenters. The molecule has 0 aliphatic carbocycles. The van der Waals surface area contributed by atoms with E-state index < -0.39 is 8.80 Å². The third kappa shape index (κ3) is 1.69. The van der Waals surface area contributed by atoms with Gasteiger partial charge in [0.2, 0.25) is 0 Å². The van der Waals surface area contributed by atoms with Gasteiger partial charge in [-0.15, -0.1) is 0 Å². The monoisotopic (exact) mass is 210 g/mol. The van der Waals surface area contributed by atoms with E-state index in [-0.39, 0.29) is 16.2 Å². The van der Waals surface area contributed by atoms with E-state index in [1.807, 2.05) is 4.90 Å². The van der Waals surface area contributed by atoms with Gasteiger partial charge in [-0.05, 0) is 0 Å². The molecule has 3 saturated heterocycles. The second kappa shape index (κ2) is 3.74. The van der Waals surface area contributed by atoms with Gasteiger partial charge in [0.15, 0.2) is 0 Å². The van der Waals surface area contributed by atoms with E-state index in [0.717, 1.165) is 19.6 Å². The van der Waals surface area contributed by atoms with Crippen LogP contribution in [-0.2, 0) is 14.4 Å². The fourth-order valence-corrected chi connectivity index (χ4v) is 3.97. The van der Waals surface area contributed by atoms with Crippen molar-refractivity contribution < 1.29 is 14.4 Å². The molecule has 0 saturated carbocycles. The molecule has 3 heterocycles. The molecule has 4 nitrogen and oxygen atoms in total. The summed E-state index contributed by atoms with van der Waals surface area (Å²) >= 11 is 0. The lowest BCUT2D eigenvalue weighted by Gasteiger charge is -2.28. The molecule has 0 aromatic carbocycles. The van der Waals surface area contributed by atoms with Crippen molar-refractivity contribution in [1.29, 1.82) is 0 Å². The third-order valence-corrected chi connectivity index (χ3v) is 5.22. The summed E-state index contributed by atoms with van der Waals surface area (Å²) in [6.45, 7) is 2.19. The number of nitrogens with zero attached hydrogens (tertiary/aromatic N) is 1. The minimum absolute atomic E-state index is 0.0746. The van der Waals surface area contributed by atoms with Crippen LogP contribution in [0.25, 0.3) is 0 Å². The van der Waals surface area contributed by atoms with Crippen molar-refractivity contribution in [3.8, 4) is 0 Å². The van der Waals surface area contributed by atoms with E-state index in [1.54, 1.807) is 0 Å². The quantitative estimate of drug-likeness (QED) is 0.496. The lowest BCUT2D eigenvalue weighted by Crippen LogP contribution is -2.52. The maximum absolute atomic E-state index is 11.6. The van der Waals surface area contributed by atoms with Gasteiger partial charge in [-0.1, -0.05) is 0 Å². The molecule has 0 spiro atoms. The average Bonchev–Trinajstić information content (AvgIpc) is 2.11. The second-order valence-electron chi connectivity index (χ2n) is 3.74. The van der Waals surface area contributed by atoms with E-state index in [4.69, 9.17) is 0 Å². The van der Waals surface area contributed by atoms with Gasteiger partial charge in [0.25, 0.3) is 8.80 Å². The van der Waals surface area contributed by atoms with Gasteiger partial charge in [-0.3, -0.25) is 0 Å². The predicted octanol–water partition coefficient (Wildman–Crippen LogP) is -0.694. The number of hydrogen-bond donors (Lipinski definition) is 0. The zero-order valence-corrected chi connectivity index (χ0v) is 8.91.